The molecule has 0 amide bonds. The van der Waals surface area contributed by atoms with Gasteiger partial charge in [0, 0.05) is 17.5 Å². The second-order valence-electron chi connectivity index (χ2n) is 3.75. The van der Waals surface area contributed by atoms with Gasteiger partial charge in [0.1, 0.15) is 0 Å². The number of aliphatic hydroxyl groups is 2. The van der Waals surface area contributed by atoms with Crippen LogP contribution >= 0.6 is 0 Å². The van der Waals surface area contributed by atoms with Crippen molar-refractivity contribution in [2.45, 2.75) is 18.8 Å². The van der Waals surface area contributed by atoms with E-state index in [1.165, 1.54) is 12.1 Å². The Morgan fingerprint density at radius 3 is 2.06 bits per heavy atom. The highest BCUT2D eigenvalue weighted by Crippen LogP contribution is 2.28. The average molecular weight is 225 g/mol. The molecule has 0 unspecified atom stereocenters. The standard InChI is InChI=1S/C11H15NO4/c1-2-11(7-13,8-14)9-3-5-10(6-4-9)12(15)16/h3-6,13-14H,2,7-8H2,1H3. The van der Waals surface area contributed by atoms with Crippen LogP contribution in [0.1, 0.15) is 18.9 Å². The van der Waals surface area contributed by atoms with Gasteiger partial charge in [0.25, 0.3) is 5.69 Å². The van der Waals surface area contributed by atoms with Gasteiger partial charge in [-0.3, -0.25) is 10.1 Å². The fraction of sp³-hybridized carbons (Fsp3) is 0.455. The molecule has 0 aliphatic carbocycles. The first-order valence-electron chi connectivity index (χ1n) is 5.06. The van der Waals surface area contributed by atoms with Crippen LogP contribution in [0.5, 0.6) is 0 Å². The second-order valence-corrected chi connectivity index (χ2v) is 3.75. The molecule has 16 heavy (non-hydrogen) atoms. The van der Waals surface area contributed by atoms with Crippen molar-refractivity contribution >= 4 is 5.69 Å². The molecule has 1 aromatic carbocycles. The maximum absolute atomic E-state index is 10.5. The van der Waals surface area contributed by atoms with Gasteiger partial charge in [-0.15, -0.1) is 0 Å². The van der Waals surface area contributed by atoms with E-state index in [0.717, 1.165) is 0 Å². The minimum Gasteiger partial charge on any atom is -0.395 e. The fourth-order valence-electron chi connectivity index (χ4n) is 1.60. The molecule has 5 nitrogen and oxygen atoms in total. The summed E-state index contributed by atoms with van der Waals surface area (Å²) in [5.41, 5.74) is 0.00464. The third kappa shape index (κ3) is 2.20. The van der Waals surface area contributed by atoms with E-state index in [1.54, 1.807) is 12.1 Å². The van der Waals surface area contributed by atoms with Gasteiger partial charge in [-0.05, 0) is 12.0 Å². The normalized spacial score (nSPS) is 11.4. The van der Waals surface area contributed by atoms with E-state index in [-0.39, 0.29) is 18.9 Å². The molecular formula is C11H15NO4. The molecule has 2 N–H and O–H groups in total. The Hall–Kier alpha value is -1.46. The SMILES string of the molecule is CCC(CO)(CO)c1ccc([N+](=O)[O-])cc1. The quantitative estimate of drug-likeness (QED) is 0.583. The molecule has 0 heterocycles. The van der Waals surface area contributed by atoms with Crippen LogP contribution in [-0.4, -0.2) is 28.4 Å². The molecule has 0 aliphatic heterocycles. The Bertz CT molecular complexity index is 348. The Labute approximate surface area is 93.5 Å². The smallest absolute Gasteiger partial charge is 0.269 e. The van der Waals surface area contributed by atoms with Crippen LogP contribution in [0.2, 0.25) is 0 Å². The lowest BCUT2D eigenvalue weighted by atomic mass is 9.79. The molecule has 0 fully saturated rings. The number of hydrogen-bond donors (Lipinski definition) is 2. The number of hydrogen-bond acceptors (Lipinski definition) is 4. The highest BCUT2D eigenvalue weighted by molar-refractivity contribution is 5.36. The minimum atomic E-state index is -0.713. The summed E-state index contributed by atoms with van der Waals surface area (Å²) >= 11 is 0. The maximum atomic E-state index is 10.5. The van der Waals surface area contributed by atoms with E-state index in [0.29, 0.717) is 12.0 Å². The first-order chi connectivity index (χ1) is 7.59. The van der Waals surface area contributed by atoms with E-state index in [9.17, 15) is 20.3 Å². The predicted octanol–water partition coefficient (Wildman–Crippen LogP) is 1.23. The van der Waals surface area contributed by atoms with Crippen molar-refractivity contribution in [3.05, 3.63) is 39.9 Å². The third-order valence-electron chi connectivity index (χ3n) is 2.97. The van der Waals surface area contributed by atoms with Crippen LogP contribution in [0.25, 0.3) is 0 Å². The predicted molar refractivity (Wildman–Crippen MR) is 59.2 cm³/mol. The van der Waals surface area contributed by atoms with E-state index in [1.807, 2.05) is 6.92 Å². The molecule has 0 radical (unpaired) electrons. The van der Waals surface area contributed by atoms with Crippen molar-refractivity contribution in [2.24, 2.45) is 0 Å². The molecule has 5 heteroatoms. The maximum Gasteiger partial charge on any atom is 0.269 e. The topological polar surface area (TPSA) is 83.6 Å². The summed E-state index contributed by atoms with van der Waals surface area (Å²) in [7, 11) is 0. The van der Waals surface area contributed by atoms with E-state index < -0.39 is 10.3 Å². The highest BCUT2D eigenvalue weighted by Gasteiger charge is 2.29. The van der Waals surface area contributed by atoms with Crippen molar-refractivity contribution in [3.63, 3.8) is 0 Å². The van der Waals surface area contributed by atoms with Crippen molar-refractivity contribution in [1.82, 2.24) is 0 Å². The first-order valence-corrected chi connectivity index (χ1v) is 5.06. The molecule has 0 spiro atoms. The van der Waals surface area contributed by atoms with Crippen molar-refractivity contribution in [3.8, 4) is 0 Å². The number of nitro benzene ring substituents is 1. The summed E-state index contributed by atoms with van der Waals surface area (Å²) in [6.45, 7) is 1.49. The number of non-ortho nitro benzene ring substituents is 1. The summed E-state index contributed by atoms with van der Waals surface area (Å²) in [6, 6.07) is 5.91. The minimum absolute atomic E-state index is 0.00429. The summed E-state index contributed by atoms with van der Waals surface area (Å²) < 4.78 is 0. The Morgan fingerprint density at radius 2 is 1.75 bits per heavy atom. The molecular weight excluding hydrogens is 210 g/mol. The lowest BCUT2D eigenvalue weighted by molar-refractivity contribution is -0.384. The van der Waals surface area contributed by atoms with Crippen LogP contribution < -0.4 is 0 Å². The largest absolute Gasteiger partial charge is 0.395 e. The van der Waals surface area contributed by atoms with Crippen LogP contribution in [-0.2, 0) is 5.41 Å². The molecule has 1 aromatic rings. The molecule has 0 saturated carbocycles. The molecule has 0 saturated heterocycles. The van der Waals surface area contributed by atoms with Gasteiger partial charge >= 0.3 is 0 Å². The van der Waals surface area contributed by atoms with Gasteiger partial charge in [0.2, 0.25) is 0 Å². The second kappa shape index (κ2) is 5.05. The van der Waals surface area contributed by atoms with Crippen LogP contribution in [0.3, 0.4) is 0 Å². The number of rotatable bonds is 5. The number of aliphatic hydroxyl groups excluding tert-OH is 2. The van der Waals surface area contributed by atoms with Gasteiger partial charge in [-0.25, -0.2) is 0 Å². The fourth-order valence-corrected chi connectivity index (χ4v) is 1.60. The Kier molecular flexibility index (Phi) is 3.98. The number of nitro groups is 1. The zero-order chi connectivity index (χ0) is 12.2. The molecule has 0 aliphatic rings. The third-order valence-corrected chi connectivity index (χ3v) is 2.97. The van der Waals surface area contributed by atoms with E-state index in [4.69, 9.17) is 0 Å². The Morgan fingerprint density at radius 1 is 1.25 bits per heavy atom. The monoisotopic (exact) mass is 225 g/mol. The summed E-state index contributed by atoms with van der Waals surface area (Å²) in [5.74, 6) is 0. The van der Waals surface area contributed by atoms with Crippen molar-refractivity contribution in [1.29, 1.82) is 0 Å². The molecule has 0 bridgehead atoms. The van der Waals surface area contributed by atoms with Crippen LogP contribution in [0, 0.1) is 10.1 Å². The molecule has 0 atom stereocenters. The molecule has 0 aromatic heterocycles. The van der Waals surface area contributed by atoms with E-state index >= 15 is 0 Å². The zero-order valence-corrected chi connectivity index (χ0v) is 9.09. The van der Waals surface area contributed by atoms with E-state index in [2.05, 4.69) is 0 Å². The summed E-state index contributed by atoms with van der Waals surface area (Å²) in [4.78, 5) is 10.0. The first kappa shape index (κ1) is 12.6. The van der Waals surface area contributed by atoms with Gasteiger partial charge in [0.15, 0.2) is 0 Å². The average Bonchev–Trinajstić information content (AvgIpc) is 2.33. The zero-order valence-electron chi connectivity index (χ0n) is 9.09. The van der Waals surface area contributed by atoms with Gasteiger partial charge in [-0.2, -0.15) is 0 Å². The highest BCUT2D eigenvalue weighted by atomic mass is 16.6. The van der Waals surface area contributed by atoms with Crippen molar-refractivity contribution < 1.29 is 15.1 Å². The Balaban J connectivity index is 3.08. The number of benzene rings is 1. The lowest BCUT2D eigenvalue weighted by Gasteiger charge is -2.28. The van der Waals surface area contributed by atoms with Crippen LogP contribution in [0.15, 0.2) is 24.3 Å². The molecule has 1 rings (SSSR count). The van der Waals surface area contributed by atoms with Gasteiger partial charge in [0.05, 0.1) is 18.1 Å². The van der Waals surface area contributed by atoms with Crippen molar-refractivity contribution in [2.75, 3.05) is 13.2 Å². The lowest BCUT2D eigenvalue weighted by Crippen LogP contribution is -2.33. The van der Waals surface area contributed by atoms with Gasteiger partial charge in [-0.1, -0.05) is 19.1 Å². The van der Waals surface area contributed by atoms with Crippen LogP contribution in [0.4, 0.5) is 5.69 Å². The summed E-state index contributed by atoms with van der Waals surface area (Å²) in [6.07, 6.45) is 0.567. The molecule has 88 valence electrons. The van der Waals surface area contributed by atoms with Gasteiger partial charge < -0.3 is 10.2 Å². The number of nitrogens with zero attached hydrogens (tertiary/aromatic N) is 1. The summed E-state index contributed by atoms with van der Waals surface area (Å²) in [5, 5.41) is 29.1.